The molecule has 0 amide bonds. The molecule has 1 aromatic carbocycles. The Morgan fingerprint density at radius 1 is 1.11 bits per heavy atom. The summed E-state index contributed by atoms with van der Waals surface area (Å²) in [5.41, 5.74) is 1.01. The van der Waals surface area contributed by atoms with Gasteiger partial charge in [-0.3, -0.25) is 0 Å². The third-order valence-corrected chi connectivity index (χ3v) is 5.21. The normalized spacial score (nSPS) is 19.4. The van der Waals surface area contributed by atoms with Crippen LogP contribution in [0.25, 0.3) is 0 Å². The van der Waals surface area contributed by atoms with Crippen LogP contribution in [0.1, 0.15) is 44.7 Å². The van der Waals surface area contributed by atoms with E-state index in [9.17, 15) is 0 Å². The lowest BCUT2D eigenvalue weighted by atomic mass is 9.80. The second kappa shape index (κ2) is 6.00. The molecule has 1 aliphatic rings. The Morgan fingerprint density at radius 3 is 2.33 bits per heavy atom. The van der Waals surface area contributed by atoms with E-state index in [1.165, 1.54) is 19.3 Å². The summed E-state index contributed by atoms with van der Waals surface area (Å²) in [4.78, 5) is 0. The van der Waals surface area contributed by atoms with Crippen LogP contribution in [0.5, 0.6) is 0 Å². The molecular formula is C14H18Cl3N. The first-order valence-corrected chi connectivity index (χ1v) is 7.53. The number of nitrogens with one attached hydrogen (secondary N) is 1. The molecular weight excluding hydrogens is 289 g/mol. The Labute approximate surface area is 124 Å². The molecule has 1 aromatic rings. The molecule has 4 heteroatoms. The van der Waals surface area contributed by atoms with Crippen molar-refractivity contribution in [2.45, 2.75) is 45.2 Å². The van der Waals surface area contributed by atoms with Crippen molar-refractivity contribution in [1.82, 2.24) is 5.32 Å². The third-order valence-electron chi connectivity index (χ3n) is 3.90. The van der Waals surface area contributed by atoms with Gasteiger partial charge in [0.25, 0.3) is 0 Å². The first kappa shape index (κ1) is 14.5. The van der Waals surface area contributed by atoms with Crippen molar-refractivity contribution in [3.05, 3.63) is 32.8 Å². The minimum absolute atomic E-state index is 0.183. The zero-order chi connectivity index (χ0) is 13.3. The van der Waals surface area contributed by atoms with Crippen LogP contribution in [0.15, 0.2) is 12.1 Å². The lowest BCUT2D eigenvalue weighted by Crippen LogP contribution is -2.38. The molecule has 1 aliphatic carbocycles. The summed E-state index contributed by atoms with van der Waals surface area (Å²) in [5.74, 6) is 0.800. The Kier molecular flexibility index (Phi) is 4.82. The molecule has 0 saturated heterocycles. The summed E-state index contributed by atoms with van der Waals surface area (Å²) in [6, 6.07) is 4.45. The van der Waals surface area contributed by atoms with Crippen LogP contribution in [0.3, 0.4) is 0 Å². The quantitative estimate of drug-likeness (QED) is 0.726. The first-order valence-electron chi connectivity index (χ1n) is 6.40. The molecule has 100 valence electrons. The largest absolute Gasteiger partial charge is 0.307 e. The molecule has 0 aliphatic heterocycles. The highest BCUT2D eigenvalue weighted by molar-refractivity contribution is 6.48. The van der Waals surface area contributed by atoms with Crippen molar-refractivity contribution in [3.8, 4) is 0 Å². The van der Waals surface area contributed by atoms with E-state index in [0.717, 1.165) is 11.5 Å². The van der Waals surface area contributed by atoms with Gasteiger partial charge in [-0.25, -0.2) is 0 Å². The van der Waals surface area contributed by atoms with E-state index in [2.05, 4.69) is 19.2 Å². The summed E-state index contributed by atoms with van der Waals surface area (Å²) in [6.07, 6.45) is 4.02. The Hall–Kier alpha value is 0.0500. The molecule has 1 nitrogen and oxygen atoms in total. The lowest BCUT2D eigenvalue weighted by molar-refractivity contribution is 0.230. The summed E-state index contributed by atoms with van der Waals surface area (Å²) in [6.45, 7) is 4.35. The molecule has 0 radical (unpaired) electrons. The Bertz CT molecular complexity index is 429. The van der Waals surface area contributed by atoms with Gasteiger partial charge in [0.15, 0.2) is 0 Å². The Morgan fingerprint density at radius 2 is 1.78 bits per heavy atom. The summed E-state index contributed by atoms with van der Waals surface area (Å²) < 4.78 is 0. The van der Waals surface area contributed by atoms with E-state index in [1.54, 1.807) is 6.07 Å². The molecule has 1 N–H and O–H groups in total. The van der Waals surface area contributed by atoms with E-state index >= 15 is 0 Å². The highest BCUT2D eigenvalue weighted by atomic mass is 35.5. The van der Waals surface area contributed by atoms with E-state index in [1.807, 2.05) is 6.07 Å². The SMILES string of the molecule is CC(NC(C)C1CCC1)c1ccc(Cl)c(Cl)c1Cl. The average molecular weight is 307 g/mol. The number of benzene rings is 1. The van der Waals surface area contributed by atoms with Gasteiger partial charge < -0.3 is 5.32 Å². The maximum absolute atomic E-state index is 6.25. The summed E-state index contributed by atoms with van der Waals surface area (Å²) >= 11 is 18.3. The standard InChI is InChI=1S/C14H18Cl3N/c1-8(10-4-3-5-10)18-9(2)11-6-7-12(15)14(17)13(11)16/h6-10,18H,3-5H2,1-2H3. The first-order chi connectivity index (χ1) is 8.50. The highest BCUT2D eigenvalue weighted by Gasteiger charge is 2.25. The van der Waals surface area contributed by atoms with E-state index in [0.29, 0.717) is 21.1 Å². The minimum Gasteiger partial charge on any atom is -0.307 e. The number of halogens is 3. The van der Waals surface area contributed by atoms with Crippen molar-refractivity contribution in [3.63, 3.8) is 0 Å². The van der Waals surface area contributed by atoms with Crippen LogP contribution in [0, 0.1) is 5.92 Å². The van der Waals surface area contributed by atoms with Crippen LogP contribution in [-0.2, 0) is 0 Å². The monoisotopic (exact) mass is 305 g/mol. The van der Waals surface area contributed by atoms with Gasteiger partial charge in [-0.2, -0.15) is 0 Å². The van der Waals surface area contributed by atoms with Crippen molar-refractivity contribution >= 4 is 34.8 Å². The van der Waals surface area contributed by atoms with Gasteiger partial charge in [-0.1, -0.05) is 47.3 Å². The maximum atomic E-state index is 6.25. The van der Waals surface area contributed by atoms with Crippen molar-refractivity contribution in [1.29, 1.82) is 0 Å². The smallest absolute Gasteiger partial charge is 0.0781 e. The summed E-state index contributed by atoms with van der Waals surface area (Å²) in [7, 11) is 0. The van der Waals surface area contributed by atoms with Crippen LogP contribution < -0.4 is 5.32 Å². The van der Waals surface area contributed by atoms with Gasteiger partial charge in [-0.05, 0) is 44.2 Å². The van der Waals surface area contributed by atoms with Crippen molar-refractivity contribution in [2.75, 3.05) is 0 Å². The zero-order valence-corrected chi connectivity index (χ0v) is 12.9. The molecule has 2 unspecified atom stereocenters. The average Bonchev–Trinajstić information content (AvgIpc) is 2.23. The zero-order valence-electron chi connectivity index (χ0n) is 10.6. The minimum atomic E-state index is 0.183. The highest BCUT2D eigenvalue weighted by Crippen LogP contribution is 2.36. The molecule has 1 fully saturated rings. The van der Waals surface area contributed by atoms with E-state index in [4.69, 9.17) is 34.8 Å². The van der Waals surface area contributed by atoms with Gasteiger partial charge in [0.2, 0.25) is 0 Å². The molecule has 18 heavy (non-hydrogen) atoms. The second-order valence-electron chi connectivity index (χ2n) is 5.13. The van der Waals surface area contributed by atoms with Crippen LogP contribution in [-0.4, -0.2) is 6.04 Å². The van der Waals surface area contributed by atoms with Crippen molar-refractivity contribution < 1.29 is 0 Å². The van der Waals surface area contributed by atoms with Crippen LogP contribution in [0.2, 0.25) is 15.1 Å². The predicted molar refractivity (Wildman–Crippen MR) is 79.8 cm³/mol. The van der Waals surface area contributed by atoms with Gasteiger partial charge in [0.05, 0.1) is 15.1 Å². The molecule has 0 spiro atoms. The van der Waals surface area contributed by atoms with Gasteiger partial charge >= 0.3 is 0 Å². The van der Waals surface area contributed by atoms with Gasteiger partial charge in [0, 0.05) is 12.1 Å². The van der Waals surface area contributed by atoms with Gasteiger partial charge in [0.1, 0.15) is 0 Å². The molecule has 2 rings (SSSR count). The third kappa shape index (κ3) is 2.96. The fourth-order valence-corrected chi connectivity index (χ4v) is 3.14. The molecule has 2 atom stereocenters. The van der Waals surface area contributed by atoms with Crippen LogP contribution in [0.4, 0.5) is 0 Å². The molecule has 0 heterocycles. The second-order valence-corrected chi connectivity index (χ2v) is 6.30. The summed E-state index contributed by atoms with van der Waals surface area (Å²) in [5, 5.41) is 5.11. The lowest BCUT2D eigenvalue weighted by Gasteiger charge is -2.34. The fraction of sp³-hybridized carbons (Fsp3) is 0.571. The maximum Gasteiger partial charge on any atom is 0.0781 e. The number of rotatable bonds is 4. The number of hydrogen-bond acceptors (Lipinski definition) is 1. The van der Waals surface area contributed by atoms with Gasteiger partial charge in [-0.15, -0.1) is 0 Å². The van der Waals surface area contributed by atoms with E-state index < -0.39 is 0 Å². The number of hydrogen-bond donors (Lipinski definition) is 1. The van der Waals surface area contributed by atoms with E-state index in [-0.39, 0.29) is 6.04 Å². The predicted octanol–water partition coefficient (Wildman–Crippen LogP) is 5.49. The molecule has 0 aromatic heterocycles. The Balaban J connectivity index is 2.08. The molecule has 0 bridgehead atoms. The fourth-order valence-electron chi connectivity index (χ4n) is 2.44. The van der Waals surface area contributed by atoms with Crippen LogP contribution >= 0.6 is 34.8 Å². The molecule has 1 saturated carbocycles. The topological polar surface area (TPSA) is 12.0 Å². The van der Waals surface area contributed by atoms with Crippen molar-refractivity contribution in [2.24, 2.45) is 5.92 Å².